The van der Waals surface area contributed by atoms with Crippen LogP contribution in [0.5, 0.6) is 0 Å². The van der Waals surface area contributed by atoms with Gasteiger partial charge in [0.25, 0.3) is 5.91 Å². The zero-order chi connectivity index (χ0) is 20.0. The summed E-state index contributed by atoms with van der Waals surface area (Å²) in [4.78, 5) is 35.4. The zero-order valence-corrected chi connectivity index (χ0v) is 17.2. The molecular formula is C19H18BrN7O2. The highest BCUT2D eigenvalue weighted by Crippen LogP contribution is 2.33. The van der Waals surface area contributed by atoms with Crippen LogP contribution in [0.25, 0.3) is 11.0 Å². The molecule has 1 saturated heterocycles. The van der Waals surface area contributed by atoms with Gasteiger partial charge in [-0.25, -0.2) is 15.0 Å². The van der Waals surface area contributed by atoms with Crippen LogP contribution in [0, 0.1) is 0 Å². The number of nitrogens with one attached hydrogen (secondary N) is 2. The number of fused-ring (bicyclic) bond motifs is 2. The maximum absolute atomic E-state index is 13.1. The number of nitrogens with zero attached hydrogens (tertiary/aromatic N) is 5. The van der Waals surface area contributed by atoms with Gasteiger partial charge >= 0.3 is 0 Å². The van der Waals surface area contributed by atoms with Crippen molar-refractivity contribution in [1.82, 2.24) is 24.8 Å². The molecule has 0 bridgehead atoms. The van der Waals surface area contributed by atoms with Crippen LogP contribution in [0.3, 0.4) is 0 Å². The lowest BCUT2D eigenvalue weighted by Crippen LogP contribution is -2.47. The number of hydrogen-bond acceptors (Lipinski definition) is 7. The van der Waals surface area contributed by atoms with E-state index in [2.05, 4.69) is 46.2 Å². The second kappa shape index (κ2) is 7.20. The highest BCUT2D eigenvalue weighted by atomic mass is 79.9. The maximum Gasteiger partial charge on any atom is 0.271 e. The van der Waals surface area contributed by atoms with Crippen LogP contribution in [0.2, 0.25) is 0 Å². The van der Waals surface area contributed by atoms with Crippen molar-refractivity contribution in [3.63, 3.8) is 0 Å². The van der Waals surface area contributed by atoms with Crippen LogP contribution in [0.1, 0.15) is 28.5 Å². The number of ether oxygens (including phenoxy) is 1. The van der Waals surface area contributed by atoms with Gasteiger partial charge in [-0.05, 0) is 28.9 Å². The molecule has 1 atom stereocenters. The smallest absolute Gasteiger partial charge is 0.271 e. The molecule has 1 amide bonds. The number of hydrogen-bond donors (Lipinski definition) is 2. The van der Waals surface area contributed by atoms with E-state index in [0.717, 1.165) is 11.1 Å². The molecule has 29 heavy (non-hydrogen) atoms. The van der Waals surface area contributed by atoms with Gasteiger partial charge in [0, 0.05) is 30.1 Å². The molecule has 10 heteroatoms. The third-order valence-electron chi connectivity index (χ3n) is 5.13. The average molecular weight is 456 g/mol. The molecule has 2 N–H and O–H groups in total. The fraction of sp³-hybridized carbons (Fsp3) is 0.316. The summed E-state index contributed by atoms with van der Waals surface area (Å²) in [6.07, 6.45) is 5.10. The van der Waals surface area contributed by atoms with Gasteiger partial charge in [-0.3, -0.25) is 9.79 Å². The number of morpholine rings is 1. The predicted octanol–water partition coefficient (Wildman–Crippen LogP) is 2.65. The van der Waals surface area contributed by atoms with Gasteiger partial charge in [0.1, 0.15) is 29.3 Å². The Morgan fingerprint density at radius 1 is 1.38 bits per heavy atom. The molecule has 0 saturated carbocycles. The summed E-state index contributed by atoms with van der Waals surface area (Å²) in [5.74, 6) is 1.12. The minimum absolute atomic E-state index is 0.00974. The molecule has 2 aliphatic rings. The number of aromatic nitrogens is 4. The molecular weight excluding hydrogens is 438 g/mol. The van der Waals surface area contributed by atoms with Crippen molar-refractivity contribution in [1.29, 1.82) is 0 Å². The second-order valence-electron chi connectivity index (χ2n) is 7.05. The van der Waals surface area contributed by atoms with E-state index >= 15 is 0 Å². The van der Waals surface area contributed by atoms with E-state index in [4.69, 9.17) is 4.74 Å². The number of rotatable bonds is 3. The first-order valence-corrected chi connectivity index (χ1v) is 10.1. The van der Waals surface area contributed by atoms with Crippen molar-refractivity contribution in [3.05, 3.63) is 39.9 Å². The fourth-order valence-electron chi connectivity index (χ4n) is 3.58. The number of amides is 1. The number of halogens is 1. The number of aliphatic imine (C=N–C) groups is 1. The predicted molar refractivity (Wildman–Crippen MR) is 112 cm³/mol. The zero-order valence-electron chi connectivity index (χ0n) is 15.6. The highest BCUT2D eigenvalue weighted by molar-refractivity contribution is 9.10. The number of anilines is 2. The van der Waals surface area contributed by atoms with Crippen LogP contribution in [-0.2, 0) is 11.3 Å². The Kier molecular flexibility index (Phi) is 4.51. The van der Waals surface area contributed by atoms with Crippen molar-refractivity contribution in [2.24, 2.45) is 4.99 Å². The monoisotopic (exact) mass is 455 g/mol. The molecule has 0 spiro atoms. The molecule has 3 aromatic heterocycles. The van der Waals surface area contributed by atoms with E-state index < -0.39 is 0 Å². The Balaban J connectivity index is 1.51. The van der Waals surface area contributed by atoms with Crippen molar-refractivity contribution < 1.29 is 9.53 Å². The van der Waals surface area contributed by atoms with Gasteiger partial charge in [-0.2, -0.15) is 0 Å². The van der Waals surface area contributed by atoms with E-state index in [1.807, 2.05) is 25.4 Å². The van der Waals surface area contributed by atoms with E-state index in [1.54, 1.807) is 4.90 Å². The van der Waals surface area contributed by atoms with Crippen molar-refractivity contribution >= 4 is 50.7 Å². The van der Waals surface area contributed by atoms with Crippen LogP contribution < -0.4 is 5.32 Å². The fourth-order valence-corrected chi connectivity index (χ4v) is 4.23. The molecule has 5 rings (SSSR count). The molecule has 1 fully saturated rings. The van der Waals surface area contributed by atoms with Crippen molar-refractivity contribution in [2.45, 2.75) is 19.5 Å². The molecule has 0 aromatic carbocycles. The van der Waals surface area contributed by atoms with Crippen molar-refractivity contribution in [2.75, 3.05) is 25.1 Å². The third-order valence-corrected chi connectivity index (χ3v) is 5.93. The van der Waals surface area contributed by atoms with E-state index in [1.165, 1.54) is 6.33 Å². The van der Waals surface area contributed by atoms with Gasteiger partial charge in [-0.15, -0.1) is 0 Å². The summed E-state index contributed by atoms with van der Waals surface area (Å²) in [5, 5.41) is 3.94. The lowest BCUT2D eigenvalue weighted by molar-refractivity contribution is 0.00327. The quantitative estimate of drug-likeness (QED) is 0.628. The molecule has 0 unspecified atom stereocenters. The summed E-state index contributed by atoms with van der Waals surface area (Å²) in [6, 6.07) is 1.94. The van der Waals surface area contributed by atoms with E-state index in [0.29, 0.717) is 59.1 Å². The molecule has 0 aliphatic carbocycles. The van der Waals surface area contributed by atoms with Crippen LogP contribution >= 0.6 is 15.9 Å². The van der Waals surface area contributed by atoms with Gasteiger partial charge in [0.05, 0.1) is 35.7 Å². The summed E-state index contributed by atoms with van der Waals surface area (Å²) in [7, 11) is 0. The van der Waals surface area contributed by atoms with Gasteiger partial charge < -0.3 is 19.9 Å². The number of pyridine rings is 1. The molecule has 148 valence electrons. The lowest BCUT2D eigenvalue weighted by Gasteiger charge is -2.33. The minimum Gasteiger partial charge on any atom is -0.377 e. The topological polar surface area (TPSA) is 108 Å². The summed E-state index contributed by atoms with van der Waals surface area (Å²) >= 11 is 3.58. The minimum atomic E-state index is -0.0940. The van der Waals surface area contributed by atoms with Crippen LogP contribution in [0.4, 0.5) is 11.6 Å². The van der Waals surface area contributed by atoms with Gasteiger partial charge in [0.15, 0.2) is 0 Å². The second-order valence-corrected chi connectivity index (χ2v) is 7.84. The Morgan fingerprint density at radius 3 is 3.14 bits per heavy atom. The average Bonchev–Trinajstić information content (AvgIpc) is 3.32. The standard InChI is InChI=1S/C19H18BrN7O2/c1-10-8-29-3-2-27(10)19(28)16-15(20)14-17(23-9-24-18(14)26-16)25-13-4-11-5-21-6-12(11)7-22-13/h4-5,7,9-10H,2-3,6,8H2,1H3,(H2,22,23,24,25,26)/t10-/m1/s1. The lowest BCUT2D eigenvalue weighted by atomic mass is 10.2. The number of H-pyrrole nitrogens is 1. The first-order valence-electron chi connectivity index (χ1n) is 9.28. The first kappa shape index (κ1) is 18.2. The molecule has 3 aromatic rings. The summed E-state index contributed by atoms with van der Waals surface area (Å²) in [5.41, 5.74) is 3.16. The van der Waals surface area contributed by atoms with Crippen molar-refractivity contribution in [3.8, 4) is 0 Å². The third kappa shape index (κ3) is 3.18. The highest BCUT2D eigenvalue weighted by Gasteiger charge is 2.29. The largest absolute Gasteiger partial charge is 0.377 e. The Bertz CT molecular complexity index is 1140. The van der Waals surface area contributed by atoms with E-state index in [9.17, 15) is 4.79 Å². The number of aromatic amines is 1. The molecule has 2 aliphatic heterocycles. The Morgan fingerprint density at radius 2 is 2.28 bits per heavy atom. The van der Waals surface area contributed by atoms with E-state index in [-0.39, 0.29) is 11.9 Å². The summed E-state index contributed by atoms with van der Waals surface area (Å²) in [6.45, 7) is 4.26. The normalized spacial score (nSPS) is 18.3. The van der Waals surface area contributed by atoms with Crippen LogP contribution in [0.15, 0.2) is 28.1 Å². The first-order chi connectivity index (χ1) is 14.1. The number of carbonyl (C=O) groups is 1. The SMILES string of the molecule is C[C@@H]1COCCN1C(=O)c1[nH]c2ncnc(Nc3cc4c(cn3)CN=C4)c2c1Br. The maximum atomic E-state index is 13.1. The summed E-state index contributed by atoms with van der Waals surface area (Å²) < 4.78 is 6.07. The number of carbonyl (C=O) groups excluding carboxylic acids is 1. The van der Waals surface area contributed by atoms with Gasteiger partial charge in [-0.1, -0.05) is 0 Å². The van der Waals surface area contributed by atoms with Gasteiger partial charge in [0.2, 0.25) is 0 Å². The molecule has 0 radical (unpaired) electrons. The Hall–Kier alpha value is -2.85. The molecule has 5 heterocycles. The van der Waals surface area contributed by atoms with Crippen LogP contribution in [-0.4, -0.2) is 62.8 Å². The molecule has 9 nitrogen and oxygen atoms in total. The Labute approximate surface area is 174 Å².